The molecule has 1 aliphatic rings. The largest absolute Gasteiger partial charge is 0.351 e. The third kappa shape index (κ3) is 4.84. The zero-order chi connectivity index (χ0) is 24.2. The molecule has 3 amide bonds. The van der Waals surface area contributed by atoms with Crippen LogP contribution in [0.4, 0.5) is 5.69 Å². The van der Waals surface area contributed by atoms with Gasteiger partial charge >= 0.3 is 0 Å². The zero-order valence-electron chi connectivity index (χ0n) is 17.4. The zero-order valence-corrected chi connectivity index (χ0v) is 25.4. The van der Waals surface area contributed by atoms with Crippen LogP contribution in [0.2, 0.25) is 0 Å². The van der Waals surface area contributed by atoms with Crippen LogP contribution in [0.1, 0.15) is 41.5 Å². The maximum Gasteiger partial charge on any atom is 0.267 e. The lowest BCUT2D eigenvalue weighted by Crippen LogP contribution is -2.41. The fourth-order valence-corrected chi connectivity index (χ4v) is 7.62. The Morgan fingerprint density at radius 2 is 1.61 bits per heavy atom. The molecule has 2 heterocycles. The summed E-state index contributed by atoms with van der Waals surface area (Å²) in [4.78, 5) is 44.3. The van der Waals surface area contributed by atoms with E-state index in [0.717, 1.165) is 14.6 Å². The number of benzene rings is 2. The number of hydrogen-bond acceptors (Lipinski definition) is 6. The molecule has 0 unspecified atom stereocenters. The van der Waals surface area contributed by atoms with E-state index in [4.69, 9.17) is 0 Å². The van der Waals surface area contributed by atoms with Gasteiger partial charge in [0.2, 0.25) is 5.91 Å². The molecule has 0 atom stereocenters. The van der Waals surface area contributed by atoms with E-state index < -0.39 is 11.8 Å². The number of rotatable bonds is 4. The second-order valence-electron chi connectivity index (χ2n) is 8.17. The van der Waals surface area contributed by atoms with Gasteiger partial charge in [-0.25, -0.2) is 9.88 Å². The predicted molar refractivity (Wildman–Crippen MR) is 147 cm³/mol. The van der Waals surface area contributed by atoms with E-state index in [1.54, 1.807) is 18.2 Å². The van der Waals surface area contributed by atoms with E-state index in [9.17, 15) is 14.4 Å². The number of nitrogens with zero attached hydrogens (tertiary/aromatic N) is 2. The Morgan fingerprint density at radius 3 is 2.15 bits per heavy atom. The first-order chi connectivity index (χ1) is 15.4. The van der Waals surface area contributed by atoms with Crippen LogP contribution in [-0.2, 0) is 4.79 Å². The number of carbonyl (C=O) groups is 3. The molecule has 0 fully saturated rings. The van der Waals surface area contributed by atoms with Gasteiger partial charge in [-0.2, -0.15) is 0 Å². The molecule has 1 N–H and O–H groups in total. The molecule has 12 heteroatoms. The molecule has 1 aliphatic heterocycles. The van der Waals surface area contributed by atoms with Gasteiger partial charge in [0, 0.05) is 23.4 Å². The molecule has 0 aliphatic carbocycles. The average molecular weight is 741 g/mol. The van der Waals surface area contributed by atoms with Crippen LogP contribution in [0.3, 0.4) is 0 Å². The van der Waals surface area contributed by atoms with E-state index in [-0.39, 0.29) is 17.2 Å². The molecular weight excluding hydrogens is 726 g/mol. The van der Waals surface area contributed by atoms with Crippen molar-refractivity contribution in [2.45, 2.75) is 30.6 Å². The maximum atomic E-state index is 13.2. The van der Waals surface area contributed by atoms with Crippen LogP contribution < -0.4 is 10.2 Å². The van der Waals surface area contributed by atoms with E-state index in [1.165, 1.54) is 28.0 Å². The Bertz CT molecular complexity index is 1300. The summed E-state index contributed by atoms with van der Waals surface area (Å²) in [5, 5.41) is 2.93. The fourth-order valence-electron chi connectivity index (χ4n) is 3.26. The minimum Gasteiger partial charge on any atom is -0.351 e. The van der Waals surface area contributed by atoms with E-state index in [1.807, 2.05) is 20.8 Å². The number of aromatic nitrogens is 1. The molecule has 0 saturated carbocycles. The summed E-state index contributed by atoms with van der Waals surface area (Å²) < 4.78 is 3.88. The smallest absolute Gasteiger partial charge is 0.267 e. The van der Waals surface area contributed by atoms with Crippen molar-refractivity contribution >= 4 is 120 Å². The Balaban J connectivity index is 1.62. The molecule has 33 heavy (non-hydrogen) atoms. The highest BCUT2D eigenvalue weighted by Gasteiger charge is 2.42. The molecule has 0 radical (unpaired) electrons. The molecule has 0 saturated heterocycles. The number of amides is 3. The quantitative estimate of drug-likeness (QED) is 0.133. The normalized spacial score (nSPS) is 13.7. The highest BCUT2D eigenvalue weighted by atomic mass is 79.9. The number of thiazole rings is 1. The summed E-state index contributed by atoms with van der Waals surface area (Å²) in [5.41, 5.74) is 1.51. The van der Waals surface area contributed by atoms with E-state index >= 15 is 0 Å². The average Bonchev–Trinajstić information content (AvgIpc) is 3.25. The van der Waals surface area contributed by atoms with Crippen molar-refractivity contribution in [3.63, 3.8) is 0 Å². The maximum absolute atomic E-state index is 13.2. The van der Waals surface area contributed by atoms with E-state index in [2.05, 4.69) is 74.0 Å². The third-order valence-corrected chi connectivity index (χ3v) is 11.5. The predicted octanol–water partition coefficient (Wildman–Crippen LogP) is 7.15. The topological polar surface area (TPSA) is 79.4 Å². The Kier molecular flexibility index (Phi) is 7.17. The number of carbonyl (C=O) groups excluding carboxylic acids is 3. The minimum absolute atomic E-state index is 0.0630. The molecule has 6 nitrogen and oxygen atoms in total. The first-order valence-electron chi connectivity index (χ1n) is 9.48. The van der Waals surface area contributed by atoms with Gasteiger partial charge in [0.1, 0.15) is 0 Å². The number of anilines is 1. The van der Waals surface area contributed by atoms with Crippen molar-refractivity contribution in [1.29, 1.82) is 0 Å². The molecular formula is C21H15Br4N3O3S2. The highest BCUT2D eigenvalue weighted by molar-refractivity contribution is 9.15. The van der Waals surface area contributed by atoms with Gasteiger partial charge < -0.3 is 5.32 Å². The lowest BCUT2D eigenvalue weighted by molar-refractivity contribution is -0.119. The molecule has 1 aromatic heterocycles. The van der Waals surface area contributed by atoms with Crippen molar-refractivity contribution in [2.75, 3.05) is 10.7 Å². The fraction of sp³-hybridized carbons (Fsp3) is 0.238. The highest BCUT2D eigenvalue weighted by Crippen LogP contribution is 2.46. The van der Waals surface area contributed by atoms with Crippen LogP contribution in [0.15, 0.2) is 40.4 Å². The van der Waals surface area contributed by atoms with Crippen LogP contribution >= 0.6 is 86.8 Å². The van der Waals surface area contributed by atoms with Crippen molar-refractivity contribution in [1.82, 2.24) is 10.3 Å². The number of hydrogen-bond donors (Lipinski definition) is 1. The number of fused-ring (bicyclic) bond motifs is 2. The lowest BCUT2D eigenvalue weighted by Gasteiger charge is -2.19. The molecule has 3 aromatic rings. The molecule has 0 bridgehead atoms. The SMILES string of the molecule is CC(C)(C)NC(=O)CSc1nc2ccc(N3C(=O)c4c(Br)c(Br)c(Br)c(Br)c4C3=O)cc2s1. The monoisotopic (exact) mass is 737 g/mol. The first-order valence-corrected chi connectivity index (χ1v) is 14.5. The second-order valence-corrected chi connectivity index (χ2v) is 13.6. The van der Waals surface area contributed by atoms with Crippen molar-refractivity contribution in [2.24, 2.45) is 0 Å². The Morgan fingerprint density at radius 1 is 1.03 bits per heavy atom. The summed E-state index contributed by atoms with van der Waals surface area (Å²) in [6.45, 7) is 5.80. The molecule has 4 rings (SSSR count). The number of nitrogens with one attached hydrogen (secondary N) is 1. The van der Waals surface area contributed by atoms with Crippen molar-refractivity contribution in [3.8, 4) is 0 Å². The van der Waals surface area contributed by atoms with Crippen LogP contribution in [0.5, 0.6) is 0 Å². The van der Waals surface area contributed by atoms with Gasteiger partial charge in [0.15, 0.2) is 4.34 Å². The van der Waals surface area contributed by atoms with Gasteiger partial charge in [0.25, 0.3) is 11.8 Å². The van der Waals surface area contributed by atoms with E-state index in [0.29, 0.717) is 34.7 Å². The summed E-state index contributed by atoms with van der Waals surface area (Å²) in [7, 11) is 0. The summed E-state index contributed by atoms with van der Waals surface area (Å²) in [6, 6.07) is 5.26. The summed E-state index contributed by atoms with van der Waals surface area (Å²) in [5.74, 6) is -0.623. The summed E-state index contributed by atoms with van der Waals surface area (Å²) >= 11 is 16.5. The van der Waals surface area contributed by atoms with Crippen molar-refractivity contribution in [3.05, 3.63) is 47.2 Å². The lowest BCUT2D eigenvalue weighted by atomic mass is 10.1. The Labute approximate surface area is 231 Å². The molecule has 0 spiro atoms. The van der Waals surface area contributed by atoms with Crippen LogP contribution in [-0.4, -0.2) is 34.0 Å². The number of halogens is 4. The van der Waals surface area contributed by atoms with Gasteiger partial charge in [-0.3, -0.25) is 14.4 Å². The van der Waals surface area contributed by atoms with Gasteiger partial charge in [0.05, 0.1) is 32.8 Å². The summed E-state index contributed by atoms with van der Waals surface area (Å²) in [6.07, 6.45) is 0. The second kappa shape index (κ2) is 9.34. The number of thioether (sulfide) groups is 1. The van der Waals surface area contributed by atoms with Crippen molar-refractivity contribution < 1.29 is 14.4 Å². The Hall–Kier alpha value is -0.790. The standard InChI is InChI=1S/C21H15Br4N3O3S2/c1-21(2,3)27-11(29)7-32-20-26-9-5-4-8(6-10(9)33-20)28-18(30)12-13(19(28)31)15(23)17(25)16(24)14(12)22/h4-6H,7H2,1-3H3,(H,27,29). The third-order valence-electron chi connectivity index (χ3n) is 4.55. The van der Waals surface area contributed by atoms with Crippen LogP contribution in [0.25, 0.3) is 10.2 Å². The molecule has 2 aromatic carbocycles. The van der Waals surface area contributed by atoms with Gasteiger partial charge in [-0.15, -0.1) is 11.3 Å². The first kappa shape index (κ1) is 25.3. The van der Waals surface area contributed by atoms with Crippen LogP contribution in [0, 0.1) is 0 Å². The number of imide groups is 1. The van der Waals surface area contributed by atoms with Gasteiger partial charge in [-0.05, 0) is 103 Å². The molecule has 172 valence electrons. The minimum atomic E-state index is -0.409. The van der Waals surface area contributed by atoms with Gasteiger partial charge in [-0.1, -0.05) is 11.8 Å².